The molecule has 2 N–H and O–H groups in total. The Kier molecular flexibility index (Phi) is 1.75. The van der Waals surface area contributed by atoms with Crippen LogP contribution >= 0.6 is 0 Å². The molecule has 9 heavy (non-hydrogen) atoms. The third kappa shape index (κ3) is 1.47. The standard InChI is InChI=1S/C8H10N/c1-7(9)8-5-3-2-4-6-8/h2-7H,1,9H2/q+1/t7-/m0/s1. The minimum atomic E-state index is -0.0915. The lowest BCUT2D eigenvalue weighted by molar-refractivity contribution is 0.908. The molecule has 0 saturated carbocycles. The van der Waals surface area contributed by atoms with Gasteiger partial charge >= 0.3 is 0 Å². The molecule has 0 radical (unpaired) electrons. The third-order valence-corrected chi connectivity index (χ3v) is 1.23. The van der Waals surface area contributed by atoms with Crippen molar-refractivity contribution in [1.82, 2.24) is 0 Å². The SMILES string of the molecule is [CH2+][C@H](N)c1ccccc1. The van der Waals surface area contributed by atoms with Gasteiger partial charge < -0.3 is 0 Å². The van der Waals surface area contributed by atoms with E-state index in [9.17, 15) is 0 Å². The summed E-state index contributed by atoms with van der Waals surface area (Å²) >= 11 is 0. The van der Waals surface area contributed by atoms with Crippen LogP contribution in [0.3, 0.4) is 0 Å². The summed E-state index contributed by atoms with van der Waals surface area (Å²) in [7, 11) is 0. The van der Waals surface area contributed by atoms with E-state index >= 15 is 0 Å². The van der Waals surface area contributed by atoms with Crippen molar-refractivity contribution in [3.63, 3.8) is 0 Å². The maximum absolute atomic E-state index is 5.50. The summed E-state index contributed by atoms with van der Waals surface area (Å²) in [6.07, 6.45) is 0. The minimum Gasteiger partial charge on any atom is -0.287 e. The highest BCUT2D eigenvalue weighted by molar-refractivity contribution is 5.18. The fraction of sp³-hybridized carbons (Fsp3) is 0.125. The molecule has 0 spiro atoms. The zero-order valence-electron chi connectivity index (χ0n) is 5.25. The molecule has 0 aliphatic carbocycles. The topological polar surface area (TPSA) is 26.0 Å². The number of nitrogens with two attached hydrogens (primary N) is 1. The summed E-state index contributed by atoms with van der Waals surface area (Å²) < 4.78 is 0. The van der Waals surface area contributed by atoms with Crippen LogP contribution < -0.4 is 5.73 Å². The van der Waals surface area contributed by atoms with E-state index in [1.54, 1.807) is 0 Å². The van der Waals surface area contributed by atoms with E-state index in [1.807, 2.05) is 30.3 Å². The van der Waals surface area contributed by atoms with Crippen molar-refractivity contribution in [2.75, 3.05) is 0 Å². The van der Waals surface area contributed by atoms with E-state index in [1.165, 1.54) is 0 Å². The van der Waals surface area contributed by atoms with E-state index < -0.39 is 0 Å². The molecule has 1 aromatic rings. The molecule has 0 fully saturated rings. The molecule has 0 unspecified atom stereocenters. The van der Waals surface area contributed by atoms with Crippen LogP contribution in [0.2, 0.25) is 0 Å². The first-order chi connectivity index (χ1) is 4.30. The predicted molar refractivity (Wildman–Crippen MR) is 38.7 cm³/mol. The van der Waals surface area contributed by atoms with Crippen molar-refractivity contribution in [3.8, 4) is 0 Å². The van der Waals surface area contributed by atoms with Gasteiger partial charge in [-0.05, 0) is 0 Å². The van der Waals surface area contributed by atoms with E-state index in [2.05, 4.69) is 6.92 Å². The highest BCUT2D eigenvalue weighted by Gasteiger charge is 2.01. The molecule has 1 aromatic carbocycles. The maximum atomic E-state index is 5.50. The normalized spacial score (nSPS) is 13.0. The van der Waals surface area contributed by atoms with Gasteiger partial charge in [0.1, 0.15) is 0 Å². The molecular weight excluding hydrogens is 110 g/mol. The van der Waals surface area contributed by atoms with Crippen molar-refractivity contribution in [1.29, 1.82) is 0 Å². The summed E-state index contributed by atoms with van der Waals surface area (Å²) in [5, 5.41) is 0. The lowest BCUT2D eigenvalue weighted by Gasteiger charge is -1.95. The van der Waals surface area contributed by atoms with Crippen molar-refractivity contribution in [3.05, 3.63) is 42.8 Å². The van der Waals surface area contributed by atoms with E-state index in [4.69, 9.17) is 5.73 Å². The number of benzene rings is 1. The zero-order valence-corrected chi connectivity index (χ0v) is 5.25. The zero-order chi connectivity index (χ0) is 6.69. The molecule has 46 valence electrons. The molecule has 1 atom stereocenters. The molecule has 0 amide bonds. The fourth-order valence-electron chi connectivity index (χ4n) is 0.700. The van der Waals surface area contributed by atoms with Crippen molar-refractivity contribution < 1.29 is 0 Å². The summed E-state index contributed by atoms with van der Waals surface area (Å²) in [4.78, 5) is 0. The van der Waals surface area contributed by atoms with Crippen LogP contribution in [-0.2, 0) is 0 Å². The Bertz CT molecular complexity index is 167. The molecule has 0 aliphatic heterocycles. The van der Waals surface area contributed by atoms with Gasteiger partial charge in [-0.3, -0.25) is 5.73 Å². The van der Waals surface area contributed by atoms with Crippen molar-refractivity contribution in [2.24, 2.45) is 5.73 Å². The second-order valence-electron chi connectivity index (χ2n) is 2.02. The van der Waals surface area contributed by atoms with E-state index in [0.29, 0.717) is 0 Å². The van der Waals surface area contributed by atoms with Crippen molar-refractivity contribution >= 4 is 0 Å². The summed E-state index contributed by atoms with van der Waals surface area (Å²) in [5.74, 6) is 0. The molecule has 0 bridgehead atoms. The molecule has 1 nitrogen and oxygen atoms in total. The monoisotopic (exact) mass is 120 g/mol. The smallest absolute Gasteiger partial charge is 0.169 e. The van der Waals surface area contributed by atoms with Gasteiger partial charge in [0.2, 0.25) is 0 Å². The maximum Gasteiger partial charge on any atom is 0.169 e. The van der Waals surface area contributed by atoms with Gasteiger partial charge in [0.05, 0.1) is 6.92 Å². The molecule has 0 heterocycles. The molecule has 1 rings (SSSR count). The first kappa shape index (κ1) is 6.17. The van der Waals surface area contributed by atoms with Crippen LogP contribution in [0.4, 0.5) is 0 Å². The molecule has 1 heteroatoms. The quantitative estimate of drug-likeness (QED) is 0.559. The Labute approximate surface area is 55.5 Å². The largest absolute Gasteiger partial charge is 0.287 e. The first-order valence-electron chi connectivity index (χ1n) is 2.94. The average molecular weight is 120 g/mol. The third-order valence-electron chi connectivity index (χ3n) is 1.23. The number of hydrogen-bond acceptors (Lipinski definition) is 1. The van der Waals surface area contributed by atoms with E-state index in [0.717, 1.165) is 5.56 Å². The summed E-state index contributed by atoms with van der Waals surface area (Å²) in [6, 6.07) is 9.73. The van der Waals surface area contributed by atoms with E-state index in [-0.39, 0.29) is 6.04 Å². The van der Waals surface area contributed by atoms with Gasteiger partial charge in [-0.15, -0.1) is 0 Å². The Morgan fingerprint density at radius 3 is 2.11 bits per heavy atom. The predicted octanol–water partition coefficient (Wildman–Crippen LogP) is 1.52. The first-order valence-corrected chi connectivity index (χ1v) is 2.94. The number of hydrogen-bond donors (Lipinski definition) is 1. The number of rotatable bonds is 1. The highest BCUT2D eigenvalue weighted by atomic mass is 14.6. The lowest BCUT2D eigenvalue weighted by Crippen LogP contribution is -2.04. The molecular formula is C8H10N+. The summed E-state index contributed by atoms with van der Waals surface area (Å²) in [5.41, 5.74) is 6.58. The average Bonchev–Trinajstić information content (AvgIpc) is 1.90. The van der Waals surface area contributed by atoms with Gasteiger partial charge in [-0.1, -0.05) is 30.3 Å². The van der Waals surface area contributed by atoms with Crippen LogP contribution in [0.15, 0.2) is 30.3 Å². The summed E-state index contributed by atoms with van der Waals surface area (Å²) in [6.45, 7) is 3.69. The Hall–Kier alpha value is -0.950. The second kappa shape index (κ2) is 2.55. The molecule has 0 saturated heterocycles. The van der Waals surface area contributed by atoms with Gasteiger partial charge in [-0.2, -0.15) is 0 Å². The van der Waals surface area contributed by atoms with Crippen molar-refractivity contribution in [2.45, 2.75) is 6.04 Å². The van der Waals surface area contributed by atoms with Gasteiger partial charge in [0, 0.05) is 5.56 Å². The second-order valence-corrected chi connectivity index (χ2v) is 2.02. The van der Waals surface area contributed by atoms with Crippen LogP contribution in [0.1, 0.15) is 11.6 Å². The lowest BCUT2D eigenvalue weighted by atomic mass is 10.1. The van der Waals surface area contributed by atoms with Gasteiger partial charge in [0.25, 0.3) is 0 Å². The molecule has 0 aromatic heterocycles. The Morgan fingerprint density at radius 2 is 1.78 bits per heavy atom. The van der Waals surface area contributed by atoms with Gasteiger partial charge in [-0.25, -0.2) is 0 Å². The van der Waals surface area contributed by atoms with Gasteiger partial charge in [0.15, 0.2) is 6.04 Å². The fourth-order valence-corrected chi connectivity index (χ4v) is 0.700. The van der Waals surface area contributed by atoms with Crippen LogP contribution in [0, 0.1) is 6.92 Å². The molecule has 0 aliphatic rings. The highest BCUT2D eigenvalue weighted by Crippen LogP contribution is 2.05. The van der Waals surface area contributed by atoms with Crippen LogP contribution in [0.25, 0.3) is 0 Å². The van der Waals surface area contributed by atoms with Crippen LogP contribution in [-0.4, -0.2) is 0 Å². The Morgan fingerprint density at radius 1 is 1.22 bits per heavy atom. The van der Waals surface area contributed by atoms with Crippen LogP contribution in [0.5, 0.6) is 0 Å². The Balaban J connectivity index is 2.85. The minimum absolute atomic E-state index is 0.0915.